The molecule has 0 spiro atoms. The summed E-state index contributed by atoms with van der Waals surface area (Å²) < 4.78 is 32.9. The second kappa shape index (κ2) is 8.62. The fraction of sp³-hybridized carbons (Fsp3) is 0.300. The molecule has 154 valence electrons. The van der Waals surface area contributed by atoms with Gasteiger partial charge in [0, 0.05) is 24.3 Å². The number of hydrogen-bond donors (Lipinski definition) is 2. The van der Waals surface area contributed by atoms with Crippen LogP contribution < -0.4 is 19.7 Å². The number of carbonyl (C=O) groups is 2. The molecule has 2 aromatic carbocycles. The highest BCUT2D eigenvalue weighted by atomic mass is 32.2. The predicted octanol–water partition coefficient (Wildman–Crippen LogP) is 2.13. The van der Waals surface area contributed by atoms with Crippen LogP contribution in [0.1, 0.15) is 19.8 Å². The molecule has 0 unspecified atom stereocenters. The lowest BCUT2D eigenvalue weighted by molar-refractivity contribution is -0.118. The highest BCUT2D eigenvalue weighted by molar-refractivity contribution is 7.89. The number of hydrogen-bond acceptors (Lipinski definition) is 5. The van der Waals surface area contributed by atoms with Gasteiger partial charge in [0.1, 0.15) is 11.8 Å². The van der Waals surface area contributed by atoms with E-state index >= 15 is 0 Å². The first-order valence-corrected chi connectivity index (χ1v) is 10.7. The van der Waals surface area contributed by atoms with E-state index in [0.29, 0.717) is 36.5 Å². The van der Waals surface area contributed by atoms with Crippen LogP contribution in [0.5, 0.6) is 5.75 Å². The lowest BCUT2D eigenvalue weighted by Gasteiger charge is -2.17. The molecule has 29 heavy (non-hydrogen) atoms. The molecular formula is C20H23N3O5S. The molecule has 1 fully saturated rings. The third-order valence-corrected chi connectivity index (χ3v) is 6.14. The summed E-state index contributed by atoms with van der Waals surface area (Å²) in [6.07, 6.45) is 0.699. The molecule has 0 radical (unpaired) electrons. The van der Waals surface area contributed by atoms with E-state index in [1.807, 2.05) is 0 Å². The molecule has 0 aromatic heterocycles. The van der Waals surface area contributed by atoms with Gasteiger partial charge in [-0.25, -0.2) is 8.42 Å². The first-order chi connectivity index (χ1) is 13.8. The SMILES string of the molecule is CCC(=O)Nc1ccc(S(=O)(=O)N[C@@H]2CCN(c3ccc(OC)cc3)C2=O)cc1. The van der Waals surface area contributed by atoms with Crippen LogP contribution in [-0.4, -0.2) is 39.9 Å². The summed E-state index contributed by atoms with van der Waals surface area (Å²) in [6.45, 7) is 2.15. The van der Waals surface area contributed by atoms with Gasteiger partial charge in [0.15, 0.2) is 0 Å². The maximum absolute atomic E-state index is 12.7. The molecule has 3 rings (SSSR count). The van der Waals surface area contributed by atoms with Crippen LogP contribution in [0.2, 0.25) is 0 Å². The molecule has 1 saturated heterocycles. The van der Waals surface area contributed by atoms with Gasteiger partial charge >= 0.3 is 0 Å². The number of benzene rings is 2. The predicted molar refractivity (Wildman–Crippen MR) is 109 cm³/mol. The van der Waals surface area contributed by atoms with Crippen molar-refractivity contribution in [2.24, 2.45) is 0 Å². The molecule has 1 aliphatic heterocycles. The van der Waals surface area contributed by atoms with Gasteiger partial charge in [0.2, 0.25) is 21.8 Å². The monoisotopic (exact) mass is 417 g/mol. The van der Waals surface area contributed by atoms with E-state index in [0.717, 1.165) is 0 Å². The van der Waals surface area contributed by atoms with E-state index in [4.69, 9.17) is 4.74 Å². The van der Waals surface area contributed by atoms with Crippen LogP contribution in [0.3, 0.4) is 0 Å². The Bertz CT molecular complexity index is 988. The second-order valence-corrected chi connectivity index (χ2v) is 8.29. The van der Waals surface area contributed by atoms with Gasteiger partial charge in [0.25, 0.3) is 0 Å². The fourth-order valence-electron chi connectivity index (χ4n) is 3.03. The average Bonchev–Trinajstić information content (AvgIpc) is 3.08. The first kappa shape index (κ1) is 20.8. The maximum atomic E-state index is 12.7. The molecule has 0 saturated carbocycles. The second-order valence-electron chi connectivity index (χ2n) is 6.58. The normalized spacial score (nSPS) is 16.7. The number of nitrogens with one attached hydrogen (secondary N) is 2. The third-order valence-electron chi connectivity index (χ3n) is 4.66. The number of methoxy groups -OCH3 is 1. The topological polar surface area (TPSA) is 105 Å². The van der Waals surface area contributed by atoms with Crippen molar-refractivity contribution >= 4 is 33.2 Å². The standard InChI is InChI=1S/C20H23N3O5S/c1-3-19(24)21-14-4-10-17(11-5-14)29(26,27)22-18-12-13-23(20(18)25)15-6-8-16(28-2)9-7-15/h4-11,18,22H,3,12-13H2,1-2H3,(H,21,24)/t18-/m1/s1. The molecule has 2 amide bonds. The van der Waals surface area contributed by atoms with E-state index in [1.165, 1.54) is 24.3 Å². The number of amides is 2. The Morgan fingerprint density at radius 1 is 1.14 bits per heavy atom. The lowest BCUT2D eigenvalue weighted by Crippen LogP contribution is -2.41. The number of nitrogens with zero attached hydrogens (tertiary/aromatic N) is 1. The molecule has 2 aromatic rings. The first-order valence-electron chi connectivity index (χ1n) is 9.21. The molecule has 2 N–H and O–H groups in total. The molecule has 1 heterocycles. The Balaban J connectivity index is 1.68. The Hall–Kier alpha value is -2.91. The molecule has 8 nitrogen and oxygen atoms in total. The summed E-state index contributed by atoms with van der Waals surface area (Å²) in [6, 6.07) is 12.0. The smallest absolute Gasteiger partial charge is 0.245 e. The van der Waals surface area contributed by atoms with Gasteiger partial charge in [-0.05, 0) is 55.0 Å². The Labute approximate surface area is 169 Å². The highest BCUT2D eigenvalue weighted by Crippen LogP contribution is 2.25. The van der Waals surface area contributed by atoms with Gasteiger partial charge in [-0.3, -0.25) is 9.59 Å². The van der Waals surface area contributed by atoms with Crippen molar-refractivity contribution in [2.45, 2.75) is 30.7 Å². The largest absolute Gasteiger partial charge is 0.497 e. The summed E-state index contributed by atoms with van der Waals surface area (Å²) >= 11 is 0. The molecule has 0 aliphatic carbocycles. The molecule has 1 atom stereocenters. The molecular weight excluding hydrogens is 394 g/mol. The van der Waals surface area contributed by atoms with Crippen molar-refractivity contribution in [3.05, 3.63) is 48.5 Å². The Kier molecular flexibility index (Phi) is 6.19. The molecule has 9 heteroatoms. The van der Waals surface area contributed by atoms with Crippen molar-refractivity contribution in [3.63, 3.8) is 0 Å². The maximum Gasteiger partial charge on any atom is 0.245 e. The summed E-state index contributed by atoms with van der Waals surface area (Å²) in [5.74, 6) is 0.218. The lowest BCUT2D eigenvalue weighted by atomic mass is 10.2. The van der Waals surface area contributed by atoms with E-state index in [9.17, 15) is 18.0 Å². The number of ether oxygens (including phenoxy) is 1. The highest BCUT2D eigenvalue weighted by Gasteiger charge is 2.35. The number of rotatable bonds is 7. The van der Waals surface area contributed by atoms with Crippen LogP contribution in [0.25, 0.3) is 0 Å². The summed E-state index contributed by atoms with van der Waals surface area (Å²) in [4.78, 5) is 25.7. The van der Waals surface area contributed by atoms with Gasteiger partial charge in [-0.15, -0.1) is 0 Å². The minimum Gasteiger partial charge on any atom is -0.497 e. The van der Waals surface area contributed by atoms with Crippen molar-refractivity contribution in [3.8, 4) is 5.75 Å². The van der Waals surface area contributed by atoms with Crippen molar-refractivity contribution in [2.75, 3.05) is 23.9 Å². The van der Waals surface area contributed by atoms with Crippen molar-refractivity contribution < 1.29 is 22.7 Å². The third kappa shape index (κ3) is 4.75. The Morgan fingerprint density at radius 2 is 1.79 bits per heavy atom. The number of carbonyl (C=O) groups excluding carboxylic acids is 2. The van der Waals surface area contributed by atoms with Gasteiger partial charge in [-0.1, -0.05) is 6.92 Å². The zero-order valence-electron chi connectivity index (χ0n) is 16.2. The molecule has 0 bridgehead atoms. The summed E-state index contributed by atoms with van der Waals surface area (Å²) in [7, 11) is -2.31. The van der Waals surface area contributed by atoms with Crippen LogP contribution in [-0.2, 0) is 19.6 Å². The summed E-state index contributed by atoms with van der Waals surface area (Å²) in [5, 5.41) is 2.66. The zero-order chi connectivity index (χ0) is 21.0. The number of anilines is 2. The van der Waals surface area contributed by atoms with Crippen LogP contribution >= 0.6 is 0 Å². The van der Waals surface area contributed by atoms with Gasteiger partial charge < -0.3 is 15.0 Å². The fourth-order valence-corrected chi connectivity index (χ4v) is 4.25. The minimum atomic E-state index is -3.87. The summed E-state index contributed by atoms with van der Waals surface area (Å²) in [5.41, 5.74) is 1.20. The van der Waals surface area contributed by atoms with Gasteiger partial charge in [-0.2, -0.15) is 4.72 Å². The van der Waals surface area contributed by atoms with Crippen LogP contribution in [0.4, 0.5) is 11.4 Å². The van der Waals surface area contributed by atoms with E-state index in [-0.39, 0.29) is 16.7 Å². The van der Waals surface area contributed by atoms with Crippen molar-refractivity contribution in [1.29, 1.82) is 0 Å². The van der Waals surface area contributed by atoms with Crippen LogP contribution in [0, 0.1) is 0 Å². The van der Waals surface area contributed by atoms with Crippen LogP contribution in [0.15, 0.2) is 53.4 Å². The van der Waals surface area contributed by atoms with E-state index in [2.05, 4.69) is 10.0 Å². The number of sulfonamides is 1. The van der Waals surface area contributed by atoms with E-state index in [1.54, 1.807) is 43.2 Å². The minimum absolute atomic E-state index is 0.0303. The zero-order valence-corrected chi connectivity index (χ0v) is 17.0. The average molecular weight is 417 g/mol. The molecule has 1 aliphatic rings. The van der Waals surface area contributed by atoms with Gasteiger partial charge in [0.05, 0.1) is 12.0 Å². The quantitative estimate of drug-likeness (QED) is 0.718. The van der Waals surface area contributed by atoms with Crippen molar-refractivity contribution in [1.82, 2.24) is 4.72 Å². The van der Waals surface area contributed by atoms with E-state index < -0.39 is 16.1 Å². The Morgan fingerprint density at radius 3 is 2.38 bits per heavy atom.